The third kappa shape index (κ3) is 2.57. The Bertz CT molecular complexity index is 554. The summed E-state index contributed by atoms with van der Waals surface area (Å²) in [6.45, 7) is 9.64. The molecule has 1 aliphatic carbocycles. The average Bonchev–Trinajstić information content (AvgIpc) is 2.93. The highest BCUT2D eigenvalue weighted by Gasteiger charge is 2.61. The first-order chi connectivity index (χ1) is 9.93. The first kappa shape index (κ1) is 14.8. The summed E-state index contributed by atoms with van der Waals surface area (Å²) >= 11 is 1.78. The van der Waals surface area contributed by atoms with Crippen molar-refractivity contribution in [1.29, 1.82) is 0 Å². The summed E-state index contributed by atoms with van der Waals surface area (Å²) in [5, 5.41) is 2.11. The Balaban J connectivity index is 1.78. The van der Waals surface area contributed by atoms with E-state index in [2.05, 4.69) is 56.2 Å². The molecule has 0 bridgehead atoms. The van der Waals surface area contributed by atoms with Crippen molar-refractivity contribution in [2.45, 2.75) is 46.6 Å². The largest absolute Gasteiger partial charge is 0.335 e. The van der Waals surface area contributed by atoms with Crippen molar-refractivity contribution in [2.75, 3.05) is 6.54 Å². The van der Waals surface area contributed by atoms with Gasteiger partial charge in [0.2, 0.25) is 5.91 Å². The lowest BCUT2D eigenvalue weighted by atomic mass is 10.1. The smallest absolute Gasteiger partial charge is 0.227 e. The van der Waals surface area contributed by atoms with Crippen molar-refractivity contribution in [2.24, 2.45) is 17.3 Å². The molecule has 0 spiro atoms. The lowest BCUT2D eigenvalue weighted by Crippen LogP contribution is -2.32. The van der Waals surface area contributed by atoms with Gasteiger partial charge in [-0.1, -0.05) is 31.6 Å². The van der Waals surface area contributed by atoms with Gasteiger partial charge in [0, 0.05) is 11.4 Å². The predicted octanol–water partition coefficient (Wildman–Crippen LogP) is 4.65. The Labute approximate surface area is 131 Å². The molecule has 1 aromatic rings. The fourth-order valence-corrected chi connectivity index (χ4v) is 4.68. The highest BCUT2D eigenvalue weighted by atomic mass is 32.1. The molecule has 1 aliphatic heterocycles. The number of amides is 1. The van der Waals surface area contributed by atoms with Gasteiger partial charge in [-0.3, -0.25) is 4.79 Å². The normalized spacial score (nSPS) is 30.3. The second kappa shape index (κ2) is 5.28. The van der Waals surface area contributed by atoms with Gasteiger partial charge in [0.1, 0.15) is 0 Å². The fourth-order valence-electron chi connectivity index (χ4n) is 3.81. The van der Waals surface area contributed by atoms with Crippen molar-refractivity contribution >= 4 is 17.2 Å². The Morgan fingerprint density at radius 3 is 2.81 bits per heavy atom. The van der Waals surface area contributed by atoms with Crippen LogP contribution in [0.2, 0.25) is 0 Å². The van der Waals surface area contributed by atoms with E-state index in [1.165, 1.54) is 10.5 Å². The van der Waals surface area contributed by atoms with Crippen LogP contribution in [0.15, 0.2) is 29.2 Å². The minimum atomic E-state index is 0.122. The maximum atomic E-state index is 13.0. The molecule has 0 aromatic carbocycles. The molecule has 2 nitrogen and oxygen atoms in total. The quantitative estimate of drug-likeness (QED) is 0.744. The lowest BCUT2D eigenvalue weighted by molar-refractivity contribution is -0.134. The minimum absolute atomic E-state index is 0.122. The molecule has 1 aromatic heterocycles. The number of nitrogens with zero attached hydrogens (tertiary/aromatic N) is 1. The van der Waals surface area contributed by atoms with Crippen LogP contribution in [0.5, 0.6) is 0 Å². The van der Waals surface area contributed by atoms with Crippen LogP contribution in [0.25, 0.3) is 0 Å². The van der Waals surface area contributed by atoms with Crippen molar-refractivity contribution in [3.63, 3.8) is 0 Å². The number of likely N-dealkylation sites (tertiary alicyclic amines) is 1. The molecular formula is C18H25NOS. The second-order valence-corrected chi connectivity index (χ2v) is 8.25. The zero-order chi connectivity index (χ0) is 15.2. The SMILES string of the molecule is CC(C)=CC1C(C(=O)N2CCCC2c2cccs2)C1(C)C. The summed E-state index contributed by atoms with van der Waals surface area (Å²) in [5.41, 5.74) is 1.44. The first-order valence-corrected chi connectivity index (χ1v) is 8.80. The molecule has 3 atom stereocenters. The maximum absolute atomic E-state index is 13.0. The molecule has 3 unspecified atom stereocenters. The Kier molecular flexibility index (Phi) is 3.73. The molecule has 1 saturated carbocycles. The summed E-state index contributed by atoms with van der Waals surface area (Å²) < 4.78 is 0. The number of rotatable bonds is 3. The number of carbonyl (C=O) groups excluding carboxylic acids is 1. The molecule has 1 amide bonds. The average molecular weight is 303 g/mol. The van der Waals surface area contributed by atoms with Gasteiger partial charge in [-0.25, -0.2) is 0 Å². The lowest BCUT2D eigenvalue weighted by Gasteiger charge is -2.24. The van der Waals surface area contributed by atoms with E-state index in [-0.39, 0.29) is 11.3 Å². The molecule has 2 aliphatic rings. The van der Waals surface area contributed by atoms with Crippen molar-refractivity contribution in [1.82, 2.24) is 4.90 Å². The third-order valence-electron chi connectivity index (χ3n) is 5.10. The summed E-state index contributed by atoms with van der Waals surface area (Å²) in [5.74, 6) is 0.964. The molecule has 114 valence electrons. The topological polar surface area (TPSA) is 20.3 Å². The molecule has 21 heavy (non-hydrogen) atoms. The van der Waals surface area contributed by atoms with E-state index >= 15 is 0 Å². The van der Waals surface area contributed by atoms with Gasteiger partial charge in [-0.15, -0.1) is 11.3 Å². The zero-order valence-corrected chi connectivity index (χ0v) is 14.2. The molecule has 3 heteroatoms. The van der Waals surface area contributed by atoms with E-state index in [0.717, 1.165) is 19.4 Å². The van der Waals surface area contributed by atoms with Crippen LogP contribution >= 0.6 is 11.3 Å². The van der Waals surface area contributed by atoms with Gasteiger partial charge in [0.15, 0.2) is 0 Å². The Hall–Kier alpha value is -1.09. The molecule has 1 saturated heterocycles. The van der Waals surface area contributed by atoms with E-state index < -0.39 is 0 Å². The van der Waals surface area contributed by atoms with E-state index in [9.17, 15) is 4.79 Å². The molecule has 0 radical (unpaired) electrons. The van der Waals surface area contributed by atoms with E-state index in [0.29, 0.717) is 17.9 Å². The van der Waals surface area contributed by atoms with E-state index in [1.807, 2.05) is 0 Å². The summed E-state index contributed by atoms with van der Waals surface area (Å²) in [4.78, 5) is 16.5. The predicted molar refractivity (Wildman–Crippen MR) is 88.2 cm³/mol. The first-order valence-electron chi connectivity index (χ1n) is 7.92. The number of carbonyl (C=O) groups is 1. The molecule has 3 rings (SSSR count). The van der Waals surface area contributed by atoms with Crippen LogP contribution in [-0.4, -0.2) is 17.4 Å². The van der Waals surface area contributed by atoms with Gasteiger partial charge >= 0.3 is 0 Å². The fraction of sp³-hybridized carbons (Fsp3) is 0.611. The monoisotopic (exact) mass is 303 g/mol. The maximum Gasteiger partial charge on any atom is 0.227 e. The number of hydrogen-bond donors (Lipinski definition) is 0. The number of hydrogen-bond acceptors (Lipinski definition) is 2. The summed E-state index contributed by atoms with van der Waals surface area (Å²) in [7, 11) is 0. The highest BCUT2D eigenvalue weighted by molar-refractivity contribution is 7.10. The summed E-state index contributed by atoms with van der Waals surface area (Å²) in [6, 6.07) is 4.59. The van der Waals surface area contributed by atoms with Crippen LogP contribution < -0.4 is 0 Å². The zero-order valence-electron chi connectivity index (χ0n) is 13.4. The third-order valence-corrected chi connectivity index (χ3v) is 6.07. The molecule has 0 N–H and O–H groups in total. The van der Waals surface area contributed by atoms with Gasteiger partial charge in [0.05, 0.1) is 12.0 Å². The number of allylic oxidation sites excluding steroid dienone is 2. The second-order valence-electron chi connectivity index (χ2n) is 7.27. The standard InChI is InChI=1S/C18H25NOS/c1-12(2)11-13-16(18(13,3)4)17(20)19-9-5-7-14(19)15-8-6-10-21-15/h6,8,10-11,13-14,16H,5,7,9H2,1-4H3. The summed E-state index contributed by atoms with van der Waals surface area (Å²) in [6.07, 6.45) is 4.54. The van der Waals surface area contributed by atoms with Crippen molar-refractivity contribution in [3.05, 3.63) is 34.0 Å². The van der Waals surface area contributed by atoms with Crippen molar-refractivity contribution in [3.8, 4) is 0 Å². The van der Waals surface area contributed by atoms with Crippen LogP contribution in [0, 0.1) is 17.3 Å². The van der Waals surface area contributed by atoms with Gasteiger partial charge in [-0.05, 0) is 49.5 Å². The van der Waals surface area contributed by atoms with Crippen LogP contribution in [0.1, 0.15) is 51.5 Å². The van der Waals surface area contributed by atoms with Crippen LogP contribution in [0.3, 0.4) is 0 Å². The minimum Gasteiger partial charge on any atom is -0.335 e. The number of thiophene rings is 1. The molecule has 2 fully saturated rings. The van der Waals surface area contributed by atoms with Gasteiger partial charge < -0.3 is 4.90 Å². The molecular weight excluding hydrogens is 278 g/mol. The Morgan fingerprint density at radius 1 is 1.43 bits per heavy atom. The molecule has 2 heterocycles. The highest BCUT2D eigenvalue weighted by Crippen LogP contribution is 2.60. The van der Waals surface area contributed by atoms with Gasteiger partial charge in [-0.2, -0.15) is 0 Å². The van der Waals surface area contributed by atoms with Crippen LogP contribution in [-0.2, 0) is 4.79 Å². The van der Waals surface area contributed by atoms with E-state index in [4.69, 9.17) is 0 Å². The van der Waals surface area contributed by atoms with Crippen LogP contribution in [0.4, 0.5) is 0 Å². The van der Waals surface area contributed by atoms with Gasteiger partial charge in [0.25, 0.3) is 0 Å². The van der Waals surface area contributed by atoms with Crippen molar-refractivity contribution < 1.29 is 4.79 Å². The Morgan fingerprint density at radius 2 is 2.19 bits per heavy atom. The van der Waals surface area contributed by atoms with E-state index in [1.54, 1.807) is 11.3 Å².